The molecular weight excluding hydrogens is 278 g/mol. The molecule has 0 bridgehead atoms. The fourth-order valence-corrected chi connectivity index (χ4v) is 2.26. The second-order valence-corrected chi connectivity index (χ2v) is 4.57. The minimum atomic E-state index is -0.569. The molecule has 1 aliphatic rings. The summed E-state index contributed by atoms with van der Waals surface area (Å²) >= 11 is 5.87. The van der Waals surface area contributed by atoms with Crippen molar-refractivity contribution in [3.63, 3.8) is 0 Å². The van der Waals surface area contributed by atoms with Crippen molar-refractivity contribution in [1.82, 2.24) is 10.2 Å². The van der Waals surface area contributed by atoms with E-state index in [9.17, 15) is 9.18 Å². The maximum absolute atomic E-state index is 13.6. The zero-order chi connectivity index (χ0) is 12.4. The van der Waals surface area contributed by atoms with Crippen LogP contribution in [0.2, 0.25) is 5.02 Å². The SMILES string of the molecule is CN(C(=O)c1c(F)cccc1Cl)C1CCNC1.Cl. The molecule has 1 saturated heterocycles. The second-order valence-electron chi connectivity index (χ2n) is 4.16. The van der Waals surface area contributed by atoms with E-state index >= 15 is 0 Å². The highest BCUT2D eigenvalue weighted by Crippen LogP contribution is 2.22. The van der Waals surface area contributed by atoms with Gasteiger partial charge in [-0.1, -0.05) is 17.7 Å². The number of hydrogen-bond acceptors (Lipinski definition) is 2. The molecule has 1 atom stereocenters. The van der Waals surface area contributed by atoms with E-state index in [4.69, 9.17) is 11.6 Å². The van der Waals surface area contributed by atoms with Crippen molar-refractivity contribution in [2.75, 3.05) is 20.1 Å². The van der Waals surface area contributed by atoms with E-state index in [-0.39, 0.29) is 34.9 Å². The minimum Gasteiger partial charge on any atom is -0.337 e. The van der Waals surface area contributed by atoms with Crippen LogP contribution >= 0.6 is 24.0 Å². The van der Waals surface area contributed by atoms with E-state index in [2.05, 4.69) is 5.32 Å². The molecule has 0 radical (unpaired) electrons. The van der Waals surface area contributed by atoms with Gasteiger partial charge in [0.05, 0.1) is 10.6 Å². The lowest BCUT2D eigenvalue weighted by atomic mass is 10.1. The monoisotopic (exact) mass is 292 g/mol. The highest BCUT2D eigenvalue weighted by molar-refractivity contribution is 6.33. The summed E-state index contributed by atoms with van der Waals surface area (Å²) in [4.78, 5) is 13.7. The molecule has 1 aromatic rings. The second kappa shape index (κ2) is 6.36. The van der Waals surface area contributed by atoms with Crippen LogP contribution in [-0.2, 0) is 0 Å². The Morgan fingerprint density at radius 3 is 2.83 bits per heavy atom. The van der Waals surface area contributed by atoms with Crippen molar-refractivity contribution in [1.29, 1.82) is 0 Å². The van der Waals surface area contributed by atoms with Crippen LogP contribution in [0.25, 0.3) is 0 Å². The number of rotatable bonds is 2. The third kappa shape index (κ3) is 2.94. The van der Waals surface area contributed by atoms with Crippen molar-refractivity contribution < 1.29 is 9.18 Å². The predicted molar refractivity (Wildman–Crippen MR) is 72.0 cm³/mol. The topological polar surface area (TPSA) is 32.3 Å². The molecule has 0 spiro atoms. The van der Waals surface area contributed by atoms with Gasteiger partial charge in [0.2, 0.25) is 0 Å². The van der Waals surface area contributed by atoms with Crippen LogP contribution in [0, 0.1) is 5.82 Å². The van der Waals surface area contributed by atoms with Crippen molar-refractivity contribution in [3.8, 4) is 0 Å². The molecule has 1 fully saturated rings. The Kier molecular flexibility index (Phi) is 5.38. The fraction of sp³-hybridized carbons (Fsp3) is 0.417. The van der Waals surface area contributed by atoms with Crippen LogP contribution < -0.4 is 5.32 Å². The molecule has 2 rings (SSSR count). The summed E-state index contributed by atoms with van der Waals surface area (Å²) in [7, 11) is 1.68. The largest absolute Gasteiger partial charge is 0.337 e. The van der Waals surface area contributed by atoms with Crippen LogP contribution in [0.5, 0.6) is 0 Å². The van der Waals surface area contributed by atoms with E-state index in [1.807, 2.05) is 0 Å². The number of benzene rings is 1. The lowest BCUT2D eigenvalue weighted by Crippen LogP contribution is -2.38. The molecule has 1 heterocycles. The number of carbonyl (C=O) groups is 1. The first kappa shape index (κ1) is 15.2. The van der Waals surface area contributed by atoms with Crippen molar-refractivity contribution >= 4 is 29.9 Å². The summed E-state index contributed by atoms with van der Waals surface area (Å²) in [6.45, 7) is 1.63. The smallest absolute Gasteiger partial charge is 0.258 e. The summed E-state index contributed by atoms with van der Waals surface area (Å²) in [6, 6.07) is 4.38. The van der Waals surface area contributed by atoms with Crippen LogP contribution in [0.4, 0.5) is 4.39 Å². The van der Waals surface area contributed by atoms with Gasteiger partial charge in [0.25, 0.3) is 5.91 Å². The molecule has 0 saturated carbocycles. The highest BCUT2D eigenvalue weighted by Gasteiger charge is 2.26. The number of nitrogens with zero attached hydrogens (tertiary/aromatic N) is 1. The Labute approximate surface area is 117 Å². The molecule has 1 aromatic carbocycles. The molecule has 3 nitrogen and oxygen atoms in total. The summed E-state index contributed by atoms with van der Waals surface area (Å²) in [5.41, 5.74) is -0.0384. The van der Waals surface area contributed by atoms with Gasteiger partial charge in [-0.25, -0.2) is 4.39 Å². The molecule has 1 unspecified atom stereocenters. The fourth-order valence-electron chi connectivity index (χ4n) is 2.01. The van der Waals surface area contributed by atoms with Crippen molar-refractivity contribution in [2.45, 2.75) is 12.5 Å². The lowest BCUT2D eigenvalue weighted by molar-refractivity contribution is 0.0739. The molecule has 100 valence electrons. The quantitative estimate of drug-likeness (QED) is 0.907. The predicted octanol–water partition coefficient (Wildman–Crippen LogP) is 2.33. The van der Waals surface area contributed by atoms with Crippen LogP contribution in [0.1, 0.15) is 16.8 Å². The van der Waals surface area contributed by atoms with Crippen LogP contribution in [0.15, 0.2) is 18.2 Å². The van der Waals surface area contributed by atoms with Gasteiger partial charge >= 0.3 is 0 Å². The molecule has 6 heteroatoms. The number of carbonyl (C=O) groups excluding carboxylic acids is 1. The first-order valence-electron chi connectivity index (χ1n) is 5.53. The molecule has 1 N–H and O–H groups in total. The molecule has 0 aromatic heterocycles. The standard InChI is InChI=1S/C12H14ClFN2O.ClH/c1-16(8-5-6-15-7-8)12(17)11-9(13)3-2-4-10(11)14;/h2-4,8,15H,5-7H2,1H3;1H. The van der Waals surface area contributed by atoms with Gasteiger partial charge in [0, 0.05) is 19.6 Å². The molecule has 1 aliphatic heterocycles. The van der Waals surface area contributed by atoms with Gasteiger partial charge < -0.3 is 10.2 Å². The Hall–Kier alpha value is -0.840. The number of hydrogen-bond donors (Lipinski definition) is 1. The molecule has 18 heavy (non-hydrogen) atoms. The Balaban J connectivity index is 0.00000162. The lowest BCUT2D eigenvalue weighted by Gasteiger charge is -2.24. The average Bonchev–Trinajstić information content (AvgIpc) is 2.81. The van der Waals surface area contributed by atoms with Crippen molar-refractivity contribution in [2.24, 2.45) is 0 Å². The molecule has 0 aliphatic carbocycles. The van der Waals surface area contributed by atoms with Gasteiger partial charge in [0.1, 0.15) is 5.82 Å². The Bertz CT molecular complexity index is 416. The number of amides is 1. The van der Waals surface area contributed by atoms with E-state index in [0.717, 1.165) is 19.5 Å². The van der Waals surface area contributed by atoms with E-state index in [1.165, 1.54) is 18.2 Å². The zero-order valence-corrected chi connectivity index (χ0v) is 11.5. The van der Waals surface area contributed by atoms with Gasteiger partial charge in [-0.3, -0.25) is 4.79 Å². The number of likely N-dealkylation sites (N-methyl/N-ethyl adjacent to an activating group) is 1. The Morgan fingerprint density at radius 2 is 2.28 bits per heavy atom. The summed E-state index contributed by atoms with van der Waals surface area (Å²) < 4.78 is 13.6. The number of halogens is 3. The summed E-state index contributed by atoms with van der Waals surface area (Å²) in [5.74, 6) is -0.929. The first-order valence-corrected chi connectivity index (χ1v) is 5.91. The molecule has 1 amide bonds. The van der Waals surface area contributed by atoms with Gasteiger partial charge in [-0.2, -0.15) is 0 Å². The third-order valence-corrected chi connectivity index (χ3v) is 3.39. The van der Waals surface area contributed by atoms with E-state index in [0.29, 0.717) is 0 Å². The van der Waals surface area contributed by atoms with Gasteiger partial charge in [-0.05, 0) is 25.1 Å². The maximum Gasteiger partial charge on any atom is 0.258 e. The zero-order valence-electron chi connectivity index (χ0n) is 9.95. The van der Waals surface area contributed by atoms with Gasteiger partial charge in [0.15, 0.2) is 0 Å². The van der Waals surface area contributed by atoms with Gasteiger partial charge in [-0.15, -0.1) is 12.4 Å². The molecular formula is C12H15Cl2FN2O. The minimum absolute atomic E-state index is 0. The van der Waals surface area contributed by atoms with Crippen LogP contribution in [-0.4, -0.2) is 37.0 Å². The normalized spacial score (nSPS) is 18.3. The summed E-state index contributed by atoms with van der Waals surface area (Å²) in [6.07, 6.45) is 0.883. The number of nitrogens with one attached hydrogen (secondary N) is 1. The first-order chi connectivity index (χ1) is 8.11. The third-order valence-electron chi connectivity index (χ3n) is 3.08. The maximum atomic E-state index is 13.6. The van der Waals surface area contributed by atoms with E-state index < -0.39 is 5.82 Å². The average molecular weight is 293 g/mol. The van der Waals surface area contributed by atoms with E-state index in [1.54, 1.807) is 11.9 Å². The Morgan fingerprint density at radius 1 is 1.56 bits per heavy atom. The highest BCUT2D eigenvalue weighted by atomic mass is 35.5. The summed E-state index contributed by atoms with van der Waals surface area (Å²) in [5, 5.41) is 3.33. The van der Waals surface area contributed by atoms with Crippen molar-refractivity contribution in [3.05, 3.63) is 34.6 Å². The van der Waals surface area contributed by atoms with Crippen LogP contribution in [0.3, 0.4) is 0 Å².